The molecule has 3 fully saturated rings. The Morgan fingerprint density at radius 3 is 2.65 bits per heavy atom. The predicted octanol–water partition coefficient (Wildman–Crippen LogP) is 6.09. The Balaban J connectivity index is 1.50. The summed E-state index contributed by atoms with van der Waals surface area (Å²) in [5, 5.41) is 0. The molecule has 0 aliphatic heterocycles. The molecule has 0 radical (unpaired) electrons. The van der Waals surface area contributed by atoms with Crippen molar-refractivity contribution in [2.75, 3.05) is 7.11 Å². The maximum Gasteiger partial charge on any atom is 0.305 e. The number of ether oxygens (including phenoxy) is 2. The van der Waals surface area contributed by atoms with Crippen molar-refractivity contribution < 1.29 is 19.1 Å². The summed E-state index contributed by atoms with van der Waals surface area (Å²) >= 11 is 0. The molecule has 0 heterocycles. The monoisotopic (exact) mass is 430 g/mol. The largest absolute Gasteiger partial charge is 0.469 e. The summed E-state index contributed by atoms with van der Waals surface area (Å²) in [4.78, 5) is 23.1. The standard InChI is InChI=1S/C27H42O4/c1-17(6-11-25(29)30-5)22-9-10-23-21-8-7-19-16-20(31-18(2)28)12-14-26(19,3)24(21)13-15-27(22,23)4/h13,17,19-23H,6-12,14-16H2,1-5H3/t17-,19+,20+,21-,22?,23-,26-,27+/m0/s1. The number of hydrogen-bond acceptors (Lipinski definition) is 4. The molecule has 4 nitrogen and oxygen atoms in total. The van der Waals surface area contributed by atoms with Gasteiger partial charge in [0.2, 0.25) is 0 Å². The van der Waals surface area contributed by atoms with E-state index in [0.29, 0.717) is 29.6 Å². The van der Waals surface area contributed by atoms with Crippen molar-refractivity contribution in [3.63, 3.8) is 0 Å². The summed E-state index contributed by atoms with van der Waals surface area (Å²) in [6, 6.07) is 0. The molecule has 4 heteroatoms. The Morgan fingerprint density at radius 1 is 1.16 bits per heavy atom. The highest BCUT2D eigenvalue weighted by Crippen LogP contribution is 2.66. The highest BCUT2D eigenvalue weighted by Gasteiger charge is 2.57. The maximum absolute atomic E-state index is 11.7. The van der Waals surface area contributed by atoms with E-state index in [4.69, 9.17) is 9.47 Å². The molecule has 0 aromatic carbocycles. The summed E-state index contributed by atoms with van der Waals surface area (Å²) in [5.74, 6) is 3.21. The van der Waals surface area contributed by atoms with Crippen molar-refractivity contribution in [2.45, 2.75) is 98.0 Å². The van der Waals surface area contributed by atoms with Crippen LogP contribution in [-0.4, -0.2) is 25.2 Å². The molecule has 0 aromatic rings. The van der Waals surface area contributed by atoms with Gasteiger partial charge < -0.3 is 9.47 Å². The minimum atomic E-state index is -0.131. The molecule has 0 amide bonds. The van der Waals surface area contributed by atoms with Gasteiger partial charge in [-0.05, 0) is 98.2 Å². The predicted molar refractivity (Wildman–Crippen MR) is 121 cm³/mol. The summed E-state index contributed by atoms with van der Waals surface area (Å²) < 4.78 is 10.5. The number of hydrogen-bond donors (Lipinski definition) is 0. The van der Waals surface area contributed by atoms with Crippen molar-refractivity contribution in [3.8, 4) is 0 Å². The molecule has 8 atom stereocenters. The molecule has 0 spiro atoms. The van der Waals surface area contributed by atoms with E-state index < -0.39 is 0 Å². The third kappa shape index (κ3) is 3.97. The average molecular weight is 431 g/mol. The number of carbonyl (C=O) groups excluding carboxylic acids is 2. The van der Waals surface area contributed by atoms with Crippen LogP contribution in [0.4, 0.5) is 0 Å². The summed E-state index contributed by atoms with van der Waals surface area (Å²) in [5.41, 5.74) is 2.40. The van der Waals surface area contributed by atoms with E-state index in [1.165, 1.54) is 46.1 Å². The van der Waals surface area contributed by atoms with Crippen LogP contribution >= 0.6 is 0 Å². The normalized spacial score (nSPS) is 42.5. The van der Waals surface area contributed by atoms with E-state index in [1.807, 2.05) is 0 Å². The molecule has 31 heavy (non-hydrogen) atoms. The van der Waals surface area contributed by atoms with Crippen LogP contribution < -0.4 is 0 Å². The fraction of sp³-hybridized carbons (Fsp3) is 0.852. The van der Waals surface area contributed by atoms with Gasteiger partial charge in [-0.25, -0.2) is 0 Å². The van der Waals surface area contributed by atoms with Crippen LogP contribution in [0.15, 0.2) is 11.6 Å². The van der Waals surface area contributed by atoms with Gasteiger partial charge in [0.05, 0.1) is 7.11 Å². The van der Waals surface area contributed by atoms with Crippen LogP contribution in [0.5, 0.6) is 0 Å². The van der Waals surface area contributed by atoms with Gasteiger partial charge in [0, 0.05) is 13.3 Å². The Hall–Kier alpha value is -1.32. The first-order chi connectivity index (χ1) is 14.7. The second-order valence-electron chi connectivity index (χ2n) is 11.6. The quantitative estimate of drug-likeness (QED) is 0.391. The number of carbonyl (C=O) groups is 2. The molecule has 4 aliphatic carbocycles. The fourth-order valence-corrected chi connectivity index (χ4v) is 8.45. The zero-order valence-corrected chi connectivity index (χ0v) is 20.2. The van der Waals surface area contributed by atoms with Gasteiger partial charge in [0.25, 0.3) is 0 Å². The van der Waals surface area contributed by atoms with Gasteiger partial charge >= 0.3 is 11.9 Å². The molecule has 3 saturated carbocycles. The Labute approximate surface area is 188 Å². The van der Waals surface area contributed by atoms with Gasteiger partial charge in [-0.2, -0.15) is 0 Å². The lowest BCUT2D eigenvalue weighted by atomic mass is 9.48. The Bertz CT molecular complexity index is 742. The summed E-state index contributed by atoms with van der Waals surface area (Å²) in [6.45, 7) is 8.95. The van der Waals surface area contributed by atoms with Gasteiger partial charge in [-0.1, -0.05) is 32.4 Å². The lowest BCUT2D eigenvalue weighted by molar-refractivity contribution is -0.151. The summed E-state index contributed by atoms with van der Waals surface area (Å²) in [7, 11) is 1.49. The van der Waals surface area contributed by atoms with Gasteiger partial charge in [-0.15, -0.1) is 0 Å². The van der Waals surface area contributed by atoms with E-state index in [9.17, 15) is 9.59 Å². The van der Waals surface area contributed by atoms with E-state index in [2.05, 4.69) is 26.8 Å². The first kappa shape index (κ1) is 22.9. The van der Waals surface area contributed by atoms with Crippen LogP contribution in [0.2, 0.25) is 0 Å². The lowest BCUT2D eigenvalue weighted by Gasteiger charge is -2.57. The van der Waals surface area contributed by atoms with E-state index in [1.54, 1.807) is 5.57 Å². The zero-order chi connectivity index (χ0) is 22.4. The number of fused-ring (bicyclic) bond motifs is 5. The van der Waals surface area contributed by atoms with E-state index >= 15 is 0 Å². The summed E-state index contributed by atoms with van der Waals surface area (Å²) in [6.07, 6.45) is 13.8. The van der Waals surface area contributed by atoms with Gasteiger partial charge in [-0.3, -0.25) is 9.59 Å². The molecular weight excluding hydrogens is 388 g/mol. The molecule has 0 aromatic heterocycles. The van der Waals surface area contributed by atoms with Crippen molar-refractivity contribution in [1.82, 2.24) is 0 Å². The molecule has 0 saturated heterocycles. The first-order valence-corrected chi connectivity index (χ1v) is 12.6. The van der Waals surface area contributed by atoms with E-state index in [-0.39, 0.29) is 23.5 Å². The maximum atomic E-state index is 11.7. The second kappa shape index (κ2) is 8.56. The smallest absolute Gasteiger partial charge is 0.305 e. The molecule has 174 valence electrons. The minimum Gasteiger partial charge on any atom is -0.469 e. The van der Waals surface area contributed by atoms with Crippen LogP contribution in [0.3, 0.4) is 0 Å². The van der Waals surface area contributed by atoms with Crippen LogP contribution in [0.25, 0.3) is 0 Å². The van der Waals surface area contributed by atoms with Gasteiger partial charge in [0.15, 0.2) is 0 Å². The SMILES string of the molecule is COC(=O)CC[C@H](C)C1CC[C@H]2[C@@H]3CC[C@@H]4C[C@H](OC(C)=O)CC[C@]4(C)C3=CC[C@]12C. The molecule has 0 bridgehead atoms. The Kier molecular flexibility index (Phi) is 6.31. The number of rotatable bonds is 5. The fourth-order valence-electron chi connectivity index (χ4n) is 8.45. The van der Waals surface area contributed by atoms with Crippen LogP contribution in [0.1, 0.15) is 91.9 Å². The van der Waals surface area contributed by atoms with Crippen molar-refractivity contribution in [3.05, 3.63) is 11.6 Å². The number of allylic oxidation sites excluding steroid dienone is 2. The Morgan fingerprint density at radius 2 is 1.94 bits per heavy atom. The lowest BCUT2D eigenvalue weighted by Crippen LogP contribution is -2.49. The molecular formula is C27H42O4. The third-order valence-corrected chi connectivity index (χ3v) is 10.1. The average Bonchev–Trinajstić information content (AvgIpc) is 3.09. The van der Waals surface area contributed by atoms with Crippen molar-refractivity contribution in [1.29, 1.82) is 0 Å². The van der Waals surface area contributed by atoms with Crippen LogP contribution in [-0.2, 0) is 19.1 Å². The molecule has 4 rings (SSSR count). The highest BCUT2D eigenvalue weighted by molar-refractivity contribution is 5.69. The van der Waals surface area contributed by atoms with Crippen LogP contribution in [0, 0.1) is 40.4 Å². The molecule has 4 aliphatic rings. The van der Waals surface area contributed by atoms with Crippen molar-refractivity contribution in [2.24, 2.45) is 40.4 Å². The van der Waals surface area contributed by atoms with E-state index in [0.717, 1.165) is 37.5 Å². The topological polar surface area (TPSA) is 52.6 Å². The molecule has 1 unspecified atom stereocenters. The molecule has 0 N–H and O–H groups in total. The third-order valence-electron chi connectivity index (χ3n) is 10.1. The number of esters is 2. The van der Waals surface area contributed by atoms with Gasteiger partial charge in [0.1, 0.15) is 6.10 Å². The highest BCUT2D eigenvalue weighted by atomic mass is 16.5. The minimum absolute atomic E-state index is 0.0759. The first-order valence-electron chi connectivity index (χ1n) is 12.6. The number of methoxy groups -OCH3 is 1. The second-order valence-corrected chi connectivity index (χ2v) is 11.6. The zero-order valence-electron chi connectivity index (χ0n) is 20.2. The van der Waals surface area contributed by atoms with Crippen molar-refractivity contribution >= 4 is 11.9 Å².